The van der Waals surface area contributed by atoms with E-state index in [1.54, 1.807) is 0 Å². The molecule has 2 aliphatic heterocycles. The van der Waals surface area contributed by atoms with E-state index in [4.69, 9.17) is 0 Å². The Morgan fingerprint density at radius 3 is 3.12 bits per heavy atom. The van der Waals surface area contributed by atoms with Gasteiger partial charge in [-0.05, 0) is 37.3 Å². The third-order valence-corrected chi connectivity index (χ3v) is 4.35. The Labute approximate surface area is 103 Å². The Balaban J connectivity index is 1.88. The molecule has 17 heavy (non-hydrogen) atoms. The zero-order valence-electron chi connectivity index (χ0n) is 10.7. The summed E-state index contributed by atoms with van der Waals surface area (Å²) in [7, 11) is 0. The second kappa shape index (κ2) is 4.30. The normalized spacial score (nSPS) is 31.9. The van der Waals surface area contributed by atoms with Gasteiger partial charge in [0.15, 0.2) is 0 Å². The molecule has 3 unspecified atom stereocenters. The maximum Gasteiger partial charge on any atom is 0.0402 e. The van der Waals surface area contributed by atoms with Gasteiger partial charge in [0, 0.05) is 43.3 Å². The zero-order chi connectivity index (χ0) is 11.8. The minimum Gasteiger partial charge on any atom is -0.368 e. The van der Waals surface area contributed by atoms with Crippen molar-refractivity contribution >= 4 is 5.69 Å². The molecule has 0 amide bonds. The minimum atomic E-state index is 0.705. The molecule has 1 aromatic heterocycles. The quantitative estimate of drug-likeness (QED) is 0.841. The fraction of sp³-hybridized carbons (Fsp3) is 0.643. The number of aryl methyl sites for hydroxylation is 1. The number of aromatic nitrogens is 1. The van der Waals surface area contributed by atoms with Gasteiger partial charge in [0.1, 0.15) is 0 Å². The van der Waals surface area contributed by atoms with Crippen molar-refractivity contribution in [3.05, 3.63) is 24.0 Å². The topological polar surface area (TPSA) is 28.2 Å². The van der Waals surface area contributed by atoms with Crippen molar-refractivity contribution in [2.75, 3.05) is 24.5 Å². The third-order valence-electron chi connectivity index (χ3n) is 4.35. The highest BCUT2D eigenvalue weighted by molar-refractivity contribution is 5.49. The Hall–Kier alpha value is -1.09. The molecule has 0 spiro atoms. The van der Waals surface area contributed by atoms with Crippen LogP contribution in [0.3, 0.4) is 0 Å². The molecule has 2 aliphatic rings. The average molecular weight is 231 g/mol. The first-order valence-corrected chi connectivity index (χ1v) is 6.69. The SMILES string of the molecule is CCC1C2CNCC2CN1c1ccnc(C)c1. The molecule has 2 fully saturated rings. The molecule has 1 aromatic rings. The Morgan fingerprint density at radius 2 is 2.35 bits per heavy atom. The van der Waals surface area contributed by atoms with E-state index in [-0.39, 0.29) is 0 Å². The van der Waals surface area contributed by atoms with E-state index < -0.39 is 0 Å². The van der Waals surface area contributed by atoms with E-state index in [1.165, 1.54) is 31.7 Å². The Bertz CT molecular complexity index is 404. The van der Waals surface area contributed by atoms with Crippen molar-refractivity contribution in [3.8, 4) is 0 Å². The van der Waals surface area contributed by atoms with Crippen LogP contribution in [0.25, 0.3) is 0 Å². The summed E-state index contributed by atoms with van der Waals surface area (Å²) in [6, 6.07) is 5.08. The molecule has 0 aliphatic carbocycles. The summed E-state index contributed by atoms with van der Waals surface area (Å²) in [6.07, 6.45) is 3.17. The highest BCUT2D eigenvalue weighted by Gasteiger charge is 2.43. The zero-order valence-corrected chi connectivity index (χ0v) is 10.7. The second-order valence-corrected chi connectivity index (χ2v) is 5.37. The first-order chi connectivity index (χ1) is 8.29. The highest BCUT2D eigenvalue weighted by Crippen LogP contribution is 2.37. The van der Waals surface area contributed by atoms with E-state index in [0.29, 0.717) is 6.04 Å². The molecule has 3 rings (SSSR count). The van der Waals surface area contributed by atoms with Gasteiger partial charge in [-0.2, -0.15) is 0 Å². The summed E-state index contributed by atoms with van der Waals surface area (Å²) < 4.78 is 0. The van der Waals surface area contributed by atoms with Crippen LogP contribution in [0.4, 0.5) is 5.69 Å². The summed E-state index contributed by atoms with van der Waals surface area (Å²) in [5.41, 5.74) is 2.48. The van der Waals surface area contributed by atoms with Crippen LogP contribution in [0.1, 0.15) is 19.0 Å². The van der Waals surface area contributed by atoms with E-state index in [2.05, 4.69) is 41.2 Å². The third kappa shape index (κ3) is 1.82. The van der Waals surface area contributed by atoms with Gasteiger partial charge in [0.05, 0.1) is 0 Å². The lowest BCUT2D eigenvalue weighted by Gasteiger charge is -2.29. The molecular weight excluding hydrogens is 210 g/mol. The van der Waals surface area contributed by atoms with Crippen molar-refractivity contribution < 1.29 is 0 Å². The molecule has 3 heterocycles. The van der Waals surface area contributed by atoms with Gasteiger partial charge < -0.3 is 10.2 Å². The van der Waals surface area contributed by atoms with Crippen LogP contribution in [-0.4, -0.2) is 30.7 Å². The van der Waals surface area contributed by atoms with Gasteiger partial charge in [-0.3, -0.25) is 4.98 Å². The monoisotopic (exact) mass is 231 g/mol. The largest absolute Gasteiger partial charge is 0.368 e. The number of hydrogen-bond acceptors (Lipinski definition) is 3. The molecule has 2 saturated heterocycles. The van der Waals surface area contributed by atoms with Crippen LogP contribution in [0, 0.1) is 18.8 Å². The summed E-state index contributed by atoms with van der Waals surface area (Å²) in [6.45, 7) is 7.99. The fourth-order valence-electron chi connectivity index (χ4n) is 3.55. The van der Waals surface area contributed by atoms with Crippen molar-refractivity contribution in [1.29, 1.82) is 0 Å². The predicted octanol–water partition coefficient (Wildman–Crippen LogP) is 1.82. The highest BCUT2D eigenvalue weighted by atomic mass is 15.2. The maximum atomic E-state index is 4.30. The molecule has 92 valence electrons. The molecule has 3 heteroatoms. The summed E-state index contributed by atoms with van der Waals surface area (Å²) in [5, 5.41) is 3.53. The van der Waals surface area contributed by atoms with Gasteiger partial charge in [-0.15, -0.1) is 0 Å². The number of anilines is 1. The lowest BCUT2D eigenvalue weighted by atomic mass is 9.93. The Kier molecular flexibility index (Phi) is 2.79. The van der Waals surface area contributed by atoms with Crippen LogP contribution < -0.4 is 10.2 Å². The molecule has 0 bridgehead atoms. The summed E-state index contributed by atoms with van der Waals surface area (Å²) >= 11 is 0. The molecule has 3 atom stereocenters. The summed E-state index contributed by atoms with van der Waals surface area (Å²) in [5.74, 6) is 1.68. The lowest BCUT2D eigenvalue weighted by Crippen LogP contribution is -2.35. The van der Waals surface area contributed by atoms with E-state index in [0.717, 1.165) is 17.5 Å². The lowest BCUT2D eigenvalue weighted by molar-refractivity contribution is 0.442. The Morgan fingerprint density at radius 1 is 1.47 bits per heavy atom. The standard InChI is InChI=1S/C14H21N3/c1-3-14-13-8-15-7-11(13)9-17(14)12-4-5-16-10(2)6-12/h4-6,11,13-15H,3,7-9H2,1-2H3. The van der Waals surface area contributed by atoms with Crippen molar-refractivity contribution in [3.63, 3.8) is 0 Å². The van der Waals surface area contributed by atoms with Crippen LogP contribution in [0.15, 0.2) is 18.3 Å². The van der Waals surface area contributed by atoms with Gasteiger partial charge in [0.25, 0.3) is 0 Å². The number of nitrogens with zero attached hydrogens (tertiary/aromatic N) is 2. The van der Waals surface area contributed by atoms with E-state index in [1.807, 2.05) is 6.20 Å². The molecule has 0 saturated carbocycles. The number of hydrogen-bond donors (Lipinski definition) is 1. The molecule has 3 nitrogen and oxygen atoms in total. The van der Waals surface area contributed by atoms with Gasteiger partial charge >= 0.3 is 0 Å². The molecule has 0 radical (unpaired) electrons. The van der Waals surface area contributed by atoms with Crippen molar-refractivity contribution in [1.82, 2.24) is 10.3 Å². The second-order valence-electron chi connectivity index (χ2n) is 5.37. The van der Waals surface area contributed by atoms with Gasteiger partial charge in [-0.1, -0.05) is 6.92 Å². The van der Waals surface area contributed by atoms with Crippen LogP contribution in [0.5, 0.6) is 0 Å². The van der Waals surface area contributed by atoms with Crippen molar-refractivity contribution in [2.24, 2.45) is 11.8 Å². The fourth-order valence-corrected chi connectivity index (χ4v) is 3.55. The average Bonchev–Trinajstić information content (AvgIpc) is 2.88. The van der Waals surface area contributed by atoms with E-state index in [9.17, 15) is 0 Å². The number of nitrogens with one attached hydrogen (secondary N) is 1. The summed E-state index contributed by atoms with van der Waals surface area (Å²) in [4.78, 5) is 6.90. The minimum absolute atomic E-state index is 0.705. The van der Waals surface area contributed by atoms with Crippen LogP contribution in [-0.2, 0) is 0 Å². The van der Waals surface area contributed by atoms with E-state index >= 15 is 0 Å². The van der Waals surface area contributed by atoms with Crippen LogP contribution in [0.2, 0.25) is 0 Å². The number of rotatable bonds is 2. The smallest absolute Gasteiger partial charge is 0.0402 e. The first kappa shape index (κ1) is 11.0. The first-order valence-electron chi connectivity index (χ1n) is 6.69. The maximum absolute atomic E-state index is 4.30. The molecule has 0 aromatic carbocycles. The van der Waals surface area contributed by atoms with Gasteiger partial charge in [0.2, 0.25) is 0 Å². The molecular formula is C14H21N3. The number of fused-ring (bicyclic) bond motifs is 1. The van der Waals surface area contributed by atoms with Crippen molar-refractivity contribution in [2.45, 2.75) is 26.3 Å². The molecule has 1 N–H and O–H groups in total. The van der Waals surface area contributed by atoms with Crippen LogP contribution >= 0.6 is 0 Å². The van der Waals surface area contributed by atoms with Gasteiger partial charge in [-0.25, -0.2) is 0 Å². The predicted molar refractivity (Wildman–Crippen MR) is 70.2 cm³/mol. The number of pyridine rings is 1.